The van der Waals surface area contributed by atoms with Crippen molar-refractivity contribution in [2.45, 2.75) is 45.7 Å². The third-order valence-corrected chi connectivity index (χ3v) is 3.41. The molecular formula is C12H22N2S. The molecule has 1 aromatic rings. The Balaban J connectivity index is 2.26. The summed E-state index contributed by atoms with van der Waals surface area (Å²) in [6.45, 7) is 8.31. The summed E-state index contributed by atoms with van der Waals surface area (Å²) < 4.78 is 0. The van der Waals surface area contributed by atoms with Gasteiger partial charge in [0.05, 0.1) is 0 Å². The molecule has 0 amide bonds. The summed E-state index contributed by atoms with van der Waals surface area (Å²) >= 11 is 1.84. The van der Waals surface area contributed by atoms with Gasteiger partial charge in [-0.2, -0.15) is 0 Å². The van der Waals surface area contributed by atoms with Crippen LogP contribution in [0.15, 0.2) is 11.4 Å². The molecular weight excluding hydrogens is 204 g/mol. The smallest absolute Gasteiger partial charge is 0.0302 e. The summed E-state index contributed by atoms with van der Waals surface area (Å²) in [5.74, 6) is 0. The maximum atomic E-state index is 5.91. The van der Waals surface area contributed by atoms with Crippen LogP contribution in [-0.2, 0) is 13.0 Å². The molecule has 0 aromatic carbocycles. The van der Waals surface area contributed by atoms with Crippen LogP contribution in [0.25, 0.3) is 0 Å². The average Bonchev–Trinajstić information content (AvgIpc) is 2.58. The number of rotatable bonds is 6. The molecule has 0 aliphatic rings. The largest absolute Gasteiger partial charge is 0.326 e. The first-order valence-corrected chi connectivity index (χ1v) is 6.46. The monoisotopic (exact) mass is 226 g/mol. The van der Waals surface area contributed by atoms with Crippen LogP contribution in [0.5, 0.6) is 0 Å². The molecule has 15 heavy (non-hydrogen) atoms. The van der Waals surface area contributed by atoms with E-state index in [1.54, 1.807) is 0 Å². The lowest BCUT2D eigenvalue weighted by molar-refractivity contribution is 0.455. The van der Waals surface area contributed by atoms with Gasteiger partial charge >= 0.3 is 0 Å². The predicted molar refractivity (Wildman–Crippen MR) is 68.3 cm³/mol. The number of nitrogens with one attached hydrogen (secondary N) is 1. The van der Waals surface area contributed by atoms with Gasteiger partial charge < -0.3 is 11.1 Å². The van der Waals surface area contributed by atoms with Crippen LogP contribution in [0.1, 0.15) is 37.6 Å². The molecule has 0 spiro atoms. The van der Waals surface area contributed by atoms with Gasteiger partial charge in [0.1, 0.15) is 0 Å². The molecule has 0 radical (unpaired) electrons. The van der Waals surface area contributed by atoms with Gasteiger partial charge in [-0.25, -0.2) is 0 Å². The fourth-order valence-electron chi connectivity index (χ4n) is 1.45. The van der Waals surface area contributed by atoms with Crippen molar-refractivity contribution in [1.82, 2.24) is 5.32 Å². The van der Waals surface area contributed by atoms with E-state index in [4.69, 9.17) is 5.73 Å². The van der Waals surface area contributed by atoms with E-state index in [0.717, 1.165) is 25.9 Å². The summed E-state index contributed by atoms with van der Waals surface area (Å²) in [6, 6.07) is 2.22. The van der Waals surface area contributed by atoms with Crippen LogP contribution in [-0.4, -0.2) is 12.1 Å². The van der Waals surface area contributed by atoms with Gasteiger partial charge in [0.2, 0.25) is 0 Å². The molecule has 0 fully saturated rings. The fourth-order valence-corrected chi connectivity index (χ4v) is 2.40. The van der Waals surface area contributed by atoms with Gasteiger partial charge in [-0.3, -0.25) is 0 Å². The van der Waals surface area contributed by atoms with Crippen LogP contribution in [0.4, 0.5) is 0 Å². The Morgan fingerprint density at radius 2 is 2.20 bits per heavy atom. The third kappa shape index (κ3) is 4.78. The highest BCUT2D eigenvalue weighted by Crippen LogP contribution is 2.16. The second kappa shape index (κ2) is 5.64. The van der Waals surface area contributed by atoms with Gasteiger partial charge in [-0.15, -0.1) is 11.3 Å². The minimum atomic E-state index is -0.0595. The van der Waals surface area contributed by atoms with Crippen LogP contribution in [0.3, 0.4) is 0 Å². The molecule has 3 heteroatoms. The van der Waals surface area contributed by atoms with Crippen LogP contribution in [0.2, 0.25) is 0 Å². The van der Waals surface area contributed by atoms with Crippen molar-refractivity contribution >= 4 is 11.3 Å². The Hall–Kier alpha value is -0.380. The topological polar surface area (TPSA) is 38.0 Å². The van der Waals surface area contributed by atoms with Crippen molar-refractivity contribution < 1.29 is 0 Å². The van der Waals surface area contributed by atoms with E-state index in [1.165, 1.54) is 10.4 Å². The second-order valence-corrected chi connectivity index (χ2v) is 5.64. The molecule has 1 aromatic heterocycles. The standard InChI is InChI=1S/C12H22N2S/c1-4-10-5-8-15-11(10)9-14-7-6-12(2,3)13/h5,8,14H,4,6-7,9,13H2,1-3H3. The van der Waals surface area contributed by atoms with Gasteiger partial charge in [-0.05, 0) is 50.2 Å². The minimum absolute atomic E-state index is 0.0595. The molecule has 0 saturated heterocycles. The number of hydrogen-bond acceptors (Lipinski definition) is 3. The zero-order chi connectivity index (χ0) is 11.3. The Labute approximate surface area is 96.9 Å². The molecule has 0 atom stereocenters. The number of hydrogen-bond donors (Lipinski definition) is 2. The van der Waals surface area contributed by atoms with Crippen molar-refractivity contribution in [3.05, 3.63) is 21.9 Å². The van der Waals surface area contributed by atoms with E-state index in [1.807, 2.05) is 11.3 Å². The average molecular weight is 226 g/mol. The van der Waals surface area contributed by atoms with Gasteiger partial charge in [0.15, 0.2) is 0 Å². The summed E-state index contributed by atoms with van der Waals surface area (Å²) in [7, 11) is 0. The molecule has 0 saturated carbocycles. The molecule has 0 bridgehead atoms. The first kappa shape index (κ1) is 12.7. The van der Waals surface area contributed by atoms with Crippen molar-refractivity contribution in [2.75, 3.05) is 6.54 Å². The first-order valence-electron chi connectivity index (χ1n) is 5.58. The normalized spacial score (nSPS) is 12.0. The molecule has 3 N–H and O–H groups in total. The van der Waals surface area contributed by atoms with Crippen molar-refractivity contribution in [3.63, 3.8) is 0 Å². The predicted octanol–water partition coefficient (Wildman–Crippen LogP) is 2.53. The Morgan fingerprint density at radius 3 is 2.80 bits per heavy atom. The van der Waals surface area contributed by atoms with Gasteiger partial charge in [0.25, 0.3) is 0 Å². The van der Waals surface area contributed by atoms with E-state index < -0.39 is 0 Å². The molecule has 86 valence electrons. The molecule has 0 aliphatic heterocycles. The number of nitrogens with two attached hydrogens (primary N) is 1. The highest BCUT2D eigenvalue weighted by molar-refractivity contribution is 7.10. The van der Waals surface area contributed by atoms with Crippen LogP contribution < -0.4 is 11.1 Å². The maximum Gasteiger partial charge on any atom is 0.0302 e. The Bertz CT molecular complexity index is 286. The van der Waals surface area contributed by atoms with Crippen molar-refractivity contribution in [1.29, 1.82) is 0 Å². The third-order valence-electron chi connectivity index (χ3n) is 2.45. The quantitative estimate of drug-likeness (QED) is 0.732. The Morgan fingerprint density at radius 1 is 1.47 bits per heavy atom. The van der Waals surface area contributed by atoms with Crippen LogP contribution in [0, 0.1) is 0 Å². The zero-order valence-electron chi connectivity index (χ0n) is 9.97. The highest BCUT2D eigenvalue weighted by Gasteiger charge is 2.09. The second-order valence-electron chi connectivity index (χ2n) is 4.64. The van der Waals surface area contributed by atoms with E-state index in [-0.39, 0.29) is 5.54 Å². The van der Waals surface area contributed by atoms with E-state index in [9.17, 15) is 0 Å². The SMILES string of the molecule is CCc1ccsc1CNCCC(C)(C)N. The summed E-state index contributed by atoms with van der Waals surface area (Å²) in [5.41, 5.74) is 7.33. The summed E-state index contributed by atoms with van der Waals surface area (Å²) in [5, 5.41) is 5.62. The first-order chi connectivity index (χ1) is 7.03. The lowest BCUT2D eigenvalue weighted by Crippen LogP contribution is -2.35. The number of thiophene rings is 1. The zero-order valence-corrected chi connectivity index (χ0v) is 10.8. The van der Waals surface area contributed by atoms with Crippen molar-refractivity contribution in [2.24, 2.45) is 5.73 Å². The lowest BCUT2D eigenvalue weighted by atomic mass is 10.0. The van der Waals surface area contributed by atoms with Gasteiger partial charge in [-0.1, -0.05) is 6.92 Å². The minimum Gasteiger partial charge on any atom is -0.326 e. The fraction of sp³-hybridized carbons (Fsp3) is 0.667. The highest BCUT2D eigenvalue weighted by atomic mass is 32.1. The van der Waals surface area contributed by atoms with E-state index in [0.29, 0.717) is 0 Å². The lowest BCUT2D eigenvalue weighted by Gasteiger charge is -2.18. The Kier molecular flexibility index (Phi) is 4.77. The summed E-state index contributed by atoms with van der Waals surface area (Å²) in [6.07, 6.45) is 2.14. The maximum absolute atomic E-state index is 5.91. The van der Waals surface area contributed by atoms with Gasteiger partial charge in [0, 0.05) is 17.0 Å². The molecule has 0 unspecified atom stereocenters. The van der Waals surface area contributed by atoms with E-state index in [2.05, 4.69) is 37.5 Å². The number of aryl methyl sites for hydroxylation is 1. The molecule has 1 heterocycles. The molecule has 0 aliphatic carbocycles. The summed E-state index contributed by atoms with van der Waals surface area (Å²) in [4.78, 5) is 1.47. The van der Waals surface area contributed by atoms with E-state index >= 15 is 0 Å². The van der Waals surface area contributed by atoms with Crippen LogP contribution >= 0.6 is 11.3 Å². The van der Waals surface area contributed by atoms with Crippen molar-refractivity contribution in [3.8, 4) is 0 Å². The molecule has 2 nitrogen and oxygen atoms in total. The molecule has 1 rings (SSSR count).